The van der Waals surface area contributed by atoms with Gasteiger partial charge in [-0.3, -0.25) is 4.79 Å². The van der Waals surface area contributed by atoms with Gasteiger partial charge in [0, 0.05) is 43.0 Å². The minimum absolute atomic E-state index is 0.180. The second-order valence-corrected chi connectivity index (χ2v) is 8.55. The third-order valence-electron chi connectivity index (χ3n) is 5.46. The summed E-state index contributed by atoms with van der Waals surface area (Å²) in [5, 5.41) is 19.1. The van der Waals surface area contributed by atoms with E-state index < -0.39 is 6.04 Å². The minimum Gasteiger partial charge on any atom is -0.358 e. The topological polar surface area (TPSA) is 108 Å². The molecule has 2 aromatic heterocycles. The highest BCUT2D eigenvalue weighted by atomic mass is 35.5. The lowest BCUT2D eigenvalue weighted by Gasteiger charge is -2.20. The van der Waals surface area contributed by atoms with Gasteiger partial charge in [-0.2, -0.15) is 15.2 Å². The van der Waals surface area contributed by atoms with Gasteiger partial charge >= 0.3 is 0 Å². The Balaban J connectivity index is 1.57. The van der Waals surface area contributed by atoms with Gasteiger partial charge in [-0.15, -0.1) is 0 Å². The molecule has 0 unspecified atom stereocenters. The number of amides is 1. The average molecular weight is 500 g/mol. The molecule has 4 rings (SSSR count). The fourth-order valence-corrected chi connectivity index (χ4v) is 3.74. The van der Waals surface area contributed by atoms with Crippen LogP contribution in [0, 0.1) is 11.3 Å². The number of nitrogens with one attached hydrogen (secondary N) is 3. The Morgan fingerprint density at radius 2 is 1.75 bits per heavy atom. The standard InChI is InChI=1S/C27H26ClN7O/c1-2-30-27-33-24(16-25(34-27)35-13-3-4-14-35)32-23(15-19-9-11-22(28)12-10-19)26(36)31-18-21-7-5-20(17-29)6-8-21/h3-14,16,23H,2,15,18H2,1H3,(H,31,36)(H2,30,32,33,34)/t23-/m1/s1. The Morgan fingerprint density at radius 1 is 1.06 bits per heavy atom. The maximum atomic E-state index is 13.3. The van der Waals surface area contributed by atoms with Gasteiger partial charge in [-0.1, -0.05) is 35.9 Å². The number of hydrogen-bond acceptors (Lipinski definition) is 6. The molecule has 182 valence electrons. The molecule has 0 saturated heterocycles. The molecular weight excluding hydrogens is 474 g/mol. The van der Waals surface area contributed by atoms with E-state index in [9.17, 15) is 4.79 Å². The summed E-state index contributed by atoms with van der Waals surface area (Å²) in [6.07, 6.45) is 4.23. The predicted molar refractivity (Wildman–Crippen MR) is 141 cm³/mol. The van der Waals surface area contributed by atoms with E-state index in [0.29, 0.717) is 47.7 Å². The second-order valence-electron chi connectivity index (χ2n) is 8.11. The molecule has 1 amide bonds. The molecule has 8 nitrogen and oxygen atoms in total. The number of nitrogens with zero attached hydrogens (tertiary/aromatic N) is 4. The normalized spacial score (nSPS) is 11.4. The first-order chi connectivity index (χ1) is 17.5. The fourth-order valence-electron chi connectivity index (χ4n) is 3.62. The summed E-state index contributed by atoms with van der Waals surface area (Å²) < 4.78 is 1.88. The van der Waals surface area contributed by atoms with Gasteiger partial charge in [-0.25, -0.2) is 0 Å². The maximum Gasteiger partial charge on any atom is 0.243 e. The molecule has 0 spiro atoms. The van der Waals surface area contributed by atoms with E-state index in [0.717, 1.165) is 11.1 Å². The molecular formula is C27H26ClN7O. The van der Waals surface area contributed by atoms with E-state index in [4.69, 9.17) is 16.9 Å². The summed E-state index contributed by atoms with van der Waals surface area (Å²) in [5.41, 5.74) is 2.43. The van der Waals surface area contributed by atoms with Gasteiger partial charge in [0.2, 0.25) is 11.9 Å². The van der Waals surface area contributed by atoms with Gasteiger partial charge in [0.05, 0.1) is 11.6 Å². The predicted octanol–water partition coefficient (Wildman–Crippen LogP) is 4.56. The number of rotatable bonds is 10. The SMILES string of the molecule is CCNc1nc(N[C@H](Cc2ccc(Cl)cc2)C(=O)NCc2ccc(C#N)cc2)cc(-n2cccc2)n1. The summed E-state index contributed by atoms with van der Waals surface area (Å²) in [4.78, 5) is 22.5. The van der Waals surface area contributed by atoms with E-state index in [2.05, 4.69) is 32.0 Å². The molecule has 9 heteroatoms. The largest absolute Gasteiger partial charge is 0.358 e. The number of halogens is 1. The van der Waals surface area contributed by atoms with Crippen molar-refractivity contribution in [2.45, 2.75) is 25.9 Å². The van der Waals surface area contributed by atoms with E-state index in [1.165, 1.54) is 0 Å². The minimum atomic E-state index is -0.605. The molecule has 0 aliphatic rings. The second kappa shape index (κ2) is 11.9. The van der Waals surface area contributed by atoms with Crippen LogP contribution in [0.2, 0.25) is 5.02 Å². The van der Waals surface area contributed by atoms with Gasteiger partial charge in [0.25, 0.3) is 0 Å². The lowest BCUT2D eigenvalue weighted by molar-refractivity contribution is -0.122. The lowest BCUT2D eigenvalue weighted by Crippen LogP contribution is -2.41. The van der Waals surface area contributed by atoms with Crippen molar-refractivity contribution in [1.29, 1.82) is 5.26 Å². The van der Waals surface area contributed by atoms with Crippen molar-refractivity contribution in [3.05, 3.63) is 101 Å². The van der Waals surface area contributed by atoms with Crippen LogP contribution in [0.25, 0.3) is 5.82 Å². The Kier molecular flexibility index (Phi) is 8.16. The van der Waals surface area contributed by atoms with Crippen LogP contribution in [-0.4, -0.2) is 33.0 Å². The summed E-state index contributed by atoms with van der Waals surface area (Å²) in [6, 6.07) is 21.7. The quantitative estimate of drug-likeness (QED) is 0.295. The van der Waals surface area contributed by atoms with Gasteiger partial charge in [0.1, 0.15) is 17.7 Å². The molecule has 4 aromatic rings. The van der Waals surface area contributed by atoms with Crippen LogP contribution in [0.5, 0.6) is 0 Å². The highest BCUT2D eigenvalue weighted by Crippen LogP contribution is 2.18. The van der Waals surface area contributed by atoms with Gasteiger partial charge < -0.3 is 20.5 Å². The van der Waals surface area contributed by atoms with E-state index >= 15 is 0 Å². The highest BCUT2D eigenvalue weighted by Gasteiger charge is 2.20. The maximum absolute atomic E-state index is 13.3. The first kappa shape index (κ1) is 24.8. The third-order valence-corrected chi connectivity index (χ3v) is 5.71. The molecule has 0 aliphatic carbocycles. The van der Waals surface area contributed by atoms with Gasteiger partial charge in [0.15, 0.2) is 0 Å². The number of nitriles is 1. The molecule has 0 aliphatic heterocycles. The first-order valence-electron chi connectivity index (χ1n) is 11.6. The number of aromatic nitrogens is 3. The zero-order chi connectivity index (χ0) is 25.3. The van der Waals surface area contributed by atoms with E-state index in [-0.39, 0.29) is 5.91 Å². The highest BCUT2D eigenvalue weighted by molar-refractivity contribution is 6.30. The van der Waals surface area contributed by atoms with Crippen molar-refractivity contribution in [3.8, 4) is 11.9 Å². The van der Waals surface area contributed by atoms with Crippen molar-refractivity contribution in [1.82, 2.24) is 19.9 Å². The van der Waals surface area contributed by atoms with Crippen molar-refractivity contribution in [2.24, 2.45) is 0 Å². The monoisotopic (exact) mass is 499 g/mol. The Hall–Kier alpha value is -4.35. The number of hydrogen-bond donors (Lipinski definition) is 3. The molecule has 0 fully saturated rings. The van der Waals surface area contributed by atoms with Crippen LogP contribution in [0.3, 0.4) is 0 Å². The summed E-state index contributed by atoms with van der Waals surface area (Å²) >= 11 is 6.05. The van der Waals surface area contributed by atoms with Crippen LogP contribution in [-0.2, 0) is 17.8 Å². The zero-order valence-corrected chi connectivity index (χ0v) is 20.5. The van der Waals surface area contributed by atoms with Crippen molar-refractivity contribution >= 4 is 29.3 Å². The number of benzene rings is 2. The van der Waals surface area contributed by atoms with E-state index in [1.54, 1.807) is 24.3 Å². The molecule has 0 radical (unpaired) electrons. The number of carbonyl (C=O) groups excluding carboxylic acids is 1. The summed E-state index contributed by atoms with van der Waals surface area (Å²) in [6.45, 7) is 2.97. The zero-order valence-electron chi connectivity index (χ0n) is 19.8. The first-order valence-corrected chi connectivity index (χ1v) is 12.0. The Morgan fingerprint density at radius 3 is 2.42 bits per heavy atom. The van der Waals surface area contributed by atoms with Crippen molar-refractivity contribution < 1.29 is 4.79 Å². The molecule has 2 heterocycles. The number of anilines is 2. The van der Waals surface area contributed by atoms with Crippen molar-refractivity contribution in [2.75, 3.05) is 17.2 Å². The van der Waals surface area contributed by atoms with Crippen LogP contribution in [0.1, 0.15) is 23.6 Å². The molecule has 0 saturated carbocycles. The fraction of sp³-hybridized carbons (Fsp3) is 0.185. The van der Waals surface area contributed by atoms with Crippen molar-refractivity contribution in [3.63, 3.8) is 0 Å². The van der Waals surface area contributed by atoms with Crippen LogP contribution >= 0.6 is 11.6 Å². The molecule has 1 atom stereocenters. The van der Waals surface area contributed by atoms with Crippen LogP contribution in [0.4, 0.5) is 11.8 Å². The Labute approximate surface area is 215 Å². The smallest absolute Gasteiger partial charge is 0.243 e. The van der Waals surface area contributed by atoms with Crippen LogP contribution < -0.4 is 16.0 Å². The Bertz CT molecular complexity index is 1330. The summed E-state index contributed by atoms with van der Waals surface area (Å²) in [7, 11) is 0. The van der Waals surface area contributed by atoms with Crippen LogP contribution in [0.15, 0.2) is 79.1 Å². The molecule has 36 heavy (non-hydrogen) atoms. The number of carbonyl (C=O) groups is 1. The molecule has 0 bridgehead atoms. The third kappa shape index (κ3) is 6.62. The average Bonchev–Trinajstić information content (AvgIpc) is 3.44. The van der Waals surface area contributed by atoms with Gasteiger partial charge in [-0.05, 0) is 54.4 Å². The van der Waals surface area contributed by atoms with E-state index in [1.807, 2.05) is 66.3 Å². The molecule has 3 N–H and O–H groups in total. The molecule has 2 aromatic carbocycles. The summed E-state index contributed by atoms with van der Waals surface area (Å²) in [5.74, 6) is 1.49. The lowest BCUT2D eigenvalue weighted by atomic mass is 10.0.